The summed E-state index contributed by atoms with van der Waals surface area (Å²) >= 11 is 1.61. The number of nitro benzene ring substituents is 1. The Kier molecular flexibility index (Phi) is 4.91. The van der Waals surface area contributed by atoms with E-state index in [0.717, 1.165) is 31.2 Å². The lowest BCUT2D eigenvalue weighted by molar-refractivity contribution is -0.384. The topological polar surface area (TPSA) is 108 Å². The van der Waals surface area contributed by atoms with Crippen LogP contribution in [-0.4, -0.2) is 21.1 Å². The van der Waals surface area contributed by atoms with Crippen molar-refractivity contribution >= 4 is 23.0 Å². The number of benzene rings is 1. The molecule has 0 spiro atoms. The molecule has 0 radical (unpaired) electrons. The second-order valence-electron chi connectivity index (χ2n) is 6.56. The number of hydrogen-bond donors (Lipinski definition) is 0. The Balaban J connectivity index is 1.47. The van der Waals surface area contributed by atoms with Gasteiger partial charge in [0.1, 0.15) is 0 Å². The zero-order valence-electron chi connectivity index (χ0n) is 15.1. The SMILES string of the molecule is C[C@@H](OC(=O)c1csc2c1CCCC2)c1nnc(-c2ccc([N+](=O)[O-])cc2)o1. The molecule has 0 N–H and O–H groups in total. The van der Waals surface area contributed by atoms with Crippen molar-refractivity contribution in [3.8, 4) is 11.5 Å². The number of nitrogens with zero attached hydrogens (tertiary/aromatic N) is 3. The van der Waals surface area contributed by atoms with Gasteiger partial charge in [0.2, 0.25) is 5.89 Å². The molecule has 0 aliphatic heterocycles. The number of rotatable bonds is 5. The highest BCUT2D eigenvalue weighted by atomic mass is 32.1. The number of non-ortho nitro benzene ring substituents is 1. The van der Waals surface area contributed by atoms with Crippen molar-refractivity contribution in [3.63, 3.8) is 0 Å². The molecule has 0 unspecified atom stereocenters. The Morgan fingerprint density at radius 3 is 2.75 bits per heavy atom. The van der Waals surface area contributed by atoms with Gasteiger partial charge in [-0.25, -0.2) is 4.79 Å². The van der Waals surface area contributed by atoms with Crippen LogP contribution in [0.1, 0.15) is 52.6 Å². The second-order valence-corrected chi connectivity index (χ2v) is 7.52. The number of thiophene rings is 1. The highest BCUT2D eigenvalue weighted by Gasteiger charge is 2.25. The molecule has 1 aliphatic rings. The number of hydrogen-bond acceptors (Lipinski definition) is 8. The third-order valence-corrected chi connectivity index (χ3v) is 5.77. The number of nitro groups is 1. The predicted molar refractivity (Wildman–Crippen MR) is 101 cm³/mol. The maximum atomic E-state index is 12.6. The molecule has 0 fully saturated rings. The molecular formula is C19H17N3O5S. The van der Waals surface area contributed by atoms with Crippen molar-refractivity contribution in [2.45, 2.75) is 38.7 Å². The summed E-state index contributed by atoms with van der Waals surface area (Å²) in [5.74, 6) is -0.00602. The zero-order chi connectivity index (χ0) is 19.7. The molecule has 0 saturated carbocycles. The number of ether oxygens (including phenoxy) is 1. The van der Waals surface area contributed by atoms with E-state index in [1.807, 2.05) is 5.38 Å². The lowest BCUT2D eigenvalue weighted by atomic mass is 9.96. The van der Waals surface area contributed by atoms with E-state index in [2.05, 4.69) is 10.2 Å². The fourth-order valence-corrected chi connectivity index (χ4v) is 4.30. The normalized spacial score (nSPS) is 14.3. The summed E-state index contributed by atoms with van der Waals surface area (Å²) in [4.78, 5) is 24.1. The summed E-state index contributed by atoms with van der Waals surface area (Å²) in [6.07, 6.45) is 3.47. The monoisotopic (exact) mass is 399 g/mol. The third-order valence-electron chi connectivity index (χ3n) is 4.68. The Bertz CT molecular complexity index is 1020. The summed E-state index contributed by atoms with van der Waals surface area (Å²) in [5, 5.41) is 20.5. The van der Waals surface area contributed by atoms with Gasteiger partial charge in [0.25, 0.3) is 11.6 Å². The van der Waals surface area contributed by atoms with Crippen molar-refractivity contribution < 1.29 is 18.9 Å². The van der Waals surface area contributed by atoms with Gasteiger partial charge in [-0.15, -0.1) is 21.5 Å². The highest BCUT2D eigenvalue weighted by molar-refractivity contribution is 7.10. The molecule has 8 nitrogen and oxygen atoms in total. The van der Waals surface area contributed by atoms with Gasteiger partial charge in [0.15, 0.2) is 6.10 Å². The Morgan fingerprint density at radius 1 is 1.25 bits per heavy atom. The summed E-state index contributed by atoms with van der Waals surface area (Å²) < 4.78 is 11.1. The van der Waals surface area contributed by atoms with Gasteiger partial charge >= 0.3 is 5.97 Å². The van der Waals surface area contributed by atoms with Gasteiger partial charge in [0.05, 0.1) is 10.5 Å². The van der Waals surface area contributed by atoms with E-state index in [1.54, 1.807) is 18.3 Å². The Morgan fingerprint density at radius 2 is 2.00 bits per heavy atom. The average Bonchev–Trinajstić information content (AvgIpc) is 3.35. The minimum atomic E-state index is -0.703. The molecule has 4 rings (SSSR count). The fourth-order valence-electron chi connectivity index (χ4n) is 3.18. The molecule has 0 bridgehead atoms. The van der Waals surface area contributed by atoms with Gasteiger partial charge < -0.3 is 9.15 Å². The molecule has 2 heterocycles. The standard InChI is InChI=1S/C19H17N3O5S/c1-11(26-19(23)15-10-28-16-5-3-2-4-14(15)16)17-20-21-18(27-17)12-6-8-13(9-7-12)22(24)25/h6-11H,2-5H2,1H3/t11-/m1/s1. The van der Waals surface area contributed by atoms with Crippen LogP contribution in [0, 0.1) is 10.1 Å². The Labute approximate surface area is 164 Å². The van der Waals surface area contributed by atoms with Crippen LogP contribution in [0.4, 0.5) is 5.69 Å². The first-order valence-corrected chi connectivity index (χ1v) is 9.79. The molecule has 1 atom stereocenters. The molecule has 144 valence electrons. The molecule has 1 aliphatic carbocycles. The first kappa shape index (κ1) is 18.3. The van der Waals surface area contributed by atoms with Gasteiger partial charge in [-0.2, -0.15) is 0 Å². The molecule has 2 aromatic heterocycles. The zero-order valence-corrected chi connectivity index (χ0v) is 15.9. The highest BCUT2D eigenvalue weighted by Crippen LogP contribution is 2.32. The number of carbonyl (C=O) groups is 1. The van der Waals surface area contributed by atoms with E-state index in [9.17, 15) is 14.9 Å². The second kappa shape index (κ2) is 7.51. The van der Waals surface area contributed by atoms with Crippen LogP contribution in [0.2, 0.25) is 0 Å². The molecule has 0 amide bonds. The van der Waals surface area contributed by atoms with Crippen molar-refractivity contribution in [1.29, 1.82) is 0 Å². The lowest BCUT2D eigenvalue weighted by Crippen LogP contribution is -2.12. The molecule has 9 heteroatoms. The summed E-state index contributed by atoms with van der Waals surface area (Å²) in [6, 6.07) is 5.79. The van der Waals surface area contributed by atoms with Crippen molar-refractivity contribution in [2.75, 3.05) is 0 Å². The summed E-state index contributed by atoms with van der Waals surface area (Å²) in [6.45, 7) is 1.67. The fraction of sp³-hybridized carbons (Fsp3) is 0.316. The molecule has 0 saturated heterocycles. The van der Waals surface area contributed by atoms with E-state index in [0.29, 0.717) is 11.1 Å². The smallest absolute Gasteiger partial charge is 0.340 e. The quantitative estimate of drug-likeness (QED) is 0.353. The van der Waals surface area contributed by atoms with E-state index in [1.165, 1.54) is 29.1 Å². The van der Waals surface area contributed by atoms with Gasteiger partial charge in [-0.1, -0.05) is 0 Å². The first-order chi connectivity index (χ1) is 13.5. The van der Waals surface area contributed by atoms with E-state index >= 15 is 0 Å². The number of fused-ring (bicyclic) bond motifs is 1. The van der Waals surface area contributed by atoms with Crippen molar-refractivity contribution in [3.05, 3.63) is 61.7 Å². The predicted octanol–water partition coefficient (Wildman–Crippen LogP) is 4.50. The van der Waals surface area contributed by atoms with Gasteiger partial charge in [-0.3, -0.25) is 10.1 Å². The van der Waals surface area contributed by atoms with E-state index < -0.39 is 11.0 Å². The molecule has 28 heavy (non-hydrogen) atoms. The molecule has 3 aromatic rings. The van der Waals surface area contributed by atoms with Crippen LogP contribution in [-0.2, 0) is 17.6 Å². The van der Waals surface area contributed by atoms with Crippen LogP contribution in [0.25, 0.3) is 11.5 Å². The number of esters is 1. The first-order valence-electron chi connectivity index (χ1n) is 8.91. The summed E-state index contributed by atoms with van der Waals surface area (Å²) in [7, 11) is 0. The van der Waals surface area contributed by atoms with E-state index in [-0.39, 0.29) is 23.4 Å². The van der Waals surface area contributed by atoms with Crippen molar-refractivity contribution in [2.24, 2.45) is 0 Å². The molecular weight excluding hydrogens is 382 g/mol. The maximum Gasteiger partial charge on any atom is 0.340 e. The minimum Gasteiger partial charge on any atom is -0.449 e. The third kappa shape index (κ3) is 3.53. The van der Waals surface area contributed by atoms with Crippen LogP contribution in [0.5, 0.6) is 0 Å². The lowest BCUT2D eigenvalue weighted by Gasteiger charge is -2.13. The number of aromatic nitrogens is 2. The van der Waals surface area contributed by atoms with Crippen LogP contribution in [0.15, 0.2) is 34.1 Å². The maximum absolute atomic E-state index is 12.6. The minimum absolute atomic E-state index is 0.0233. The molecule has 1 aromatic carbocycles. The van der Waals surface area contributed by atoms with Crippen LogP contribution < -0.4 is 0 Å². The number of aryl methyl sites for hydroxylation is 1. The Hall–Kier alpha value is -3.07. The largest absolute Gasteiger partial charge is 0.449 e. The van der Waals surface area contributed by atoms with Crippen LogP contribution in [0.3, 0.4) is 0 Å². The summed E-state index contributed by atoms with van der Waals surface area (Å²) in [5.41, 5.74) is 2.26. The van der Waals surface area contributed by atoms with Gasteiger partial charge in [0, 0.05) is 28.0 Å². The number of carbonyl (C=O) groups excluding carboxylic acids is 1. The van der Waals surface area contributed by atoms with E-state index in [4.69, 9.17) is 9.15 Å². The van der Waals surface area contributed by atoms with Gasteiger partial charge in [-0.05, 0) is 50.3 Å². The average molecular weight is 399 g/mol. The van der Waals surface area contributed by atoms with Crippen LogP contribution >= 0.6 is 11.3 Å². The van der Waals surface area contributed by atoms with Crippen molar-refractivity contribution in [1.82, 2.24) is 10.2 Å².